The zero-order chi connectivity index (χ0) is 19.0. The molecule has 7 heteroatoms. The Kier molecular flexibility index (Phi) is 6.32. The second-order valence-corrected chi connectivity index (χ2v) is 10.6. The van der Waals surface area contributed by atoms with Crippen molar-refractivity contribution in [3.63, 3.8) is 0 Å². The van der Waals surface area contributed by atoms with Crippen LogP contribution in [0.25, 0.3) is 0 Å². The molecule has 2 heterocycles. The summed E-state index contributed by atoms with van der Waals surface area (Å²) in [5.41, 5.74) is 0. The van der Waals surface area contributed by atoms with Gasteiger partial charge in [0.15, 0.2) is 0 Å². The van der Waals surface area contributed by atoms with Crippen LogP contribution in [-0.2, 0) is 0 Å². The molecule has 0 aromatic carbocycles. The van der Waals surface area contributed by atoms with E-state index in [9.17, 15) is 18.3 Å². The predicted octanol–water partition coefficient (Wildman–Crippen LogP) is 4.26. The number of aliphatic hydroxyl groups excluding tert-OH is 1. The topological polar surface area (TPSA) is 44.3 Å². The number of thioether (sulfide) groups is 1. The van der Waals surface area contributed by atoms with Crippen molar-refractivity contribution in [1.29, 1.82) is 0 Å². The molecule has 4 aliphatic rings. The molecule has 2 aliphatic carbocycles. The van der Waals surface area contributed by atoms with E-state index in [4.69, 9.17) is 0 Å². The summed E-state index contributed by atoms with van der Waals surface area (Å²) in [6.07, 6.45) is 6.50. The minimum absolute atomic E-state index is 0.0218. The van der Waals surface area contributed by atoms with Gasteiger partial charge >= 0.3 is 6.18 Å². The highest BCUT2D eigenvalue weighted by atomic mass is 32.2. The number of halogens is 3. The number of hydrogen-bond acceptors (Lipinski definition) is 4. The summed E-state index contributed by atoms with van der Waals surface area (Å²) in [5, 5.41) is 15.2. The van der Waals surface area contributed by atoms with E-state index >= 15 is 0 Å². The quantitative estimate of drug-likeness (QED) is 0.653. The van der Waals surface area contributed by atoms with Gasteiger partial charge < -0.3 is 5.11 Å². The largest absolute Gasteiger partial charge is 0.400 e. The molecule has 4 fully saturated rings. The molecule has 3 nitrogen and oxygen atoms in total. The fourth-order valence-corrected chi connectivity index (χ4v) is 7.56. The van der Waals surface area contributed by atoms with Gasteiger partial charge in [-0.3, -0.25) is 10.6 Å². The molecule has 0 spiro atoms. The van der Waals surface area contributed by atoms with Crippen molar-refractivity contribution in [3.05, 3.63) is 0 Å². The first-order valence-electron chi connectivity index (χ1n) is 10.8. The smallest absolute Gasteiger partial charge is 0.396 e. The van der Waals surface area contributed by atoms with Gasteiger partial charge in [0.1, 0.15) is 5.25 Å². The van der Waals surface area contributed by atoms with Crippen molar-refractivity contribution in [3.8, 4) is 0 Å². The van der Waals surface area contributed by atoms with E-state index in [0.29, 0.717) is 18.3 Å². The van der Waals surface area contributed by atoms with Crippen LogP contribution in [0.3, 0.4) is 0 Å². The fraction of sp³-hybridized carbons (Fsp3) is 1.00. The molecule has 2 saturated heterocycles. The van der Waals surface area contributed by atoms with Gasteiger partial charge in [0.25, 0.3) is 0 Å². The molecule has 3 N–H and O–H groups in total. The molecule has 0 aromatic rings. The first-order chi connectivity index (χ1) is 13.0. The van der Waals surface area contributed by atoms with E-state index in [1.807, 2.05) is 0 Å². The van der Waals surface area contributed by atoms with Crippen LogP contribution in [0.2, 0.25) is 0 Å². The molecule has 0 bridgehead atoms. The Hall–Kier alpha value is 0.0200. The lowest BCUT2D eigenvalue weighted by molar-refractivity contribution is -0.141. The van der Waals surface area contributed by atoms with Crippen LogP contribution in [0.5, 0.6) is 0 Å². The Labute approximate surface area is 164 Å². The van der Waals surface area contributed by atoms with E-state index in [1.54, 1.807) is 0 Å². The molecule has 0 radical (unpaired) electrons. The van der Waals surface area contributed by atoms with Crippen LogP contribution < -0.4 is 10.6 Å². The van der Waals surface area contributed by atoms with Gasteiger partial charge in [-0.25, -0.2) is 0 Å². The minimum atomic E-state index is -4.09. The van der Waals surface area contributed by atoms with Crippen LogP contribution in [0.15, 0.2) is 0 Å². The molecule has 2 aliphatic heterocycles. The van der Waals surface area contributed by atoms with E-state index in [2.05, 4.69) is 10.6 Å². The molecule has 2 saturated carbocycles. The highest BCUT2D eigenvalue weighted by Crippen LogP contribution is 2.53. The second-order valence-electron chi connectivity index (χ2n) is 9.19. The van der Waals surface area contributed by atoms with Crippen LogP contribution >= 0.6 is 11.8 Å². The van der Waals surface area contributed by atoms with Gasteiger partial charge in [0.05, 0.1) is 12.3 Å². The van der Waals surface area contributed by atoms with Gasteiger partial charge in [0.2, 0.25) is 0 Å². The summed E-state index contributed by atoms with van der Waals surface area (Å²) >= 11 is 1.17. The normalized spacial score (nSPS) is 44.2. The monoisotopic (exact) mass is 406 g/mol. The van der Waals surface area contributed by atoms with Gasteiger partial charge in [-0.05, 0) is 55.8 Å². The molecule has 0 aromatic heterocycles. The maximum Gasteiger partial charge on any atom is 0.400 e. The molecule has 3 atom stereocenters. The zero-order valence-electron chi connectivity index (χ0n) is 15.9. The highest BCUT2D eigenvalue weighted by Gasteiger charge is 2.55. The summed E-state index contributed by atoms with van der Waals surface area (Å²) < 4.78 is 41.0. The van der Waals surface area contributed by atoms with Crippen molar-refractivity contribution >= 4 is 11.8 Å². The lowest BCUT2D eigenvalue weighted by Crippen LogP contribution is -2.73. The highest BCUT2D eigenvalue weighted by molar-refractivity contribution is 8.00. The number of nitrogens with one attached hydrogen (secondary N) is 2. The van der Waals surface area contributed by atoms with E-state index in [-0.39, 0.29) is 36.0 Å². The van der Waals surface area contributed by atoms with Crippen molar-refractivity contribution in [2.45, 2.75) is 93.2 Å². The van der Waals surface area contributed by atoms with E-state index in [0.717, 1.165) is 51.4 Å². The maximum atomic E-state index is 13.7. The SMILES string of the molecule is OCC1CCC(C2NC(C3CC(C4CCCCC4)C(C(F)(F)F)S3)N2)CC1. The van der Waals surface area contributed by atoms with Crippen molar-refractivity contribution in [1.82, 2.24) is 10.6 Å². The van der Waals surface area contributed by atoms with Crippen LogP contribution in [0, 0.1) is 23.7 Å². The van der Waals surface area contributed by atoms with Crippen LogP contribution in [0.1, 0.15) is 64.2 Å². The number of alkyl halides is 3. The van der Waals surface area contributed by atoms with Gasteiger partial charge in [0, 0.05) is 11.9 Å². The Morgan fingerprint density at radius 1 is 0.852 bits per heavy atom. The van der Waals surface area contributed by atoms with E-state index < -0.39 is 11.4 Å². The minimum Gasteiger partial charge on any atom is -0.396 e. The summed E-state index contributed by atoms with van der Waals surface area (Å²) in [7, 11) is 0. The second kappa shape index (κ2) is 8.41. The molecular weight excluding hydrogens is 373 g/mol. The molecular formula is C20H33F3N2OS. The van der Waals surface area contributed by atoms with Gasteiger partial charge in [-0.1, -0.05) is 32.1 Å². The van der Waals surface area contributed by atoms with E-state index in [1.165, 1.54) is 18.2 Å². The summed E-state index contributed by atoms with van der Waals surface area (Å²) in [6.45, 7) is 0.279. The standard InChI is InChI=1S/C20H33F3N2OS/c21-20(22,23)17-15(13-4-2-1-3-5-13)10-16(27-17)19-24-18(25-19)14-8-6-12(11-26)7-9-14/h12-19,24-26H,1-11H2. The number of rotatable bonds is 4. The average Bonchev–Trinajstić information content (AvgIpc) is 3.07. The molecule has 0 amide bonds. The van der Waals surface area contributed by atoms with Crippen molar-refractivity contribution in [2.24, 2.45) is 23.7 Å². The fourth-order valence-electron chi connectivity index (χ4n) is 5.85. The third-order valence-electron chi connectivity index (χ3n) is 7.50. The summed E-state index contributed by atoms with van der Waals surface area (Å²) in [5.74, 6) is 1.03. The number of hydrogen-bond donors (Lipinski definition) is 3. The first-order valence-corrected chi connectivity index (χ1v) is 11.7. The molecule has 3 unspecified atom stereocenters. The molecule has 156 valence electrons. The Balaban J connectivity index is 1.31. The predicted molar refractivity (Wildman–Crippen MR) is 102 cm³/mol. The van der Waals surface area contributed by atoms with Crippen molar-refractivity contribution in [2.75, 3.05) is 6.61 Å². The van der Waals surface area contributed by atoms with Crippen LogP contribution in [0.4, 0.5) is 13.2 Å². The lowest BCUT2D eigenvalue weighted by atomic mass is 9.76. The molecule has 27 heavy (non-hydrogen) atoms. The third kappa shape index (κ3) is 4.46. The summed E-state index contributed by atoms with van der Waals surface area (Å²) in [6, 6.07) is 0. The Bertz CT molecular complexity index is 486. The first kappa shape index (κ1) is 20.3. The Morgan fingerprint density at radius 2 is 1.52 bits per heavy atom. The average molecular weight is 407 g/mol. The van der Waals surface area contributed by atoms with Gasteiger partial charge in [-0.15, -0.1) is 11.8 Å². The van der Waals surface area contributed by atoms with Crippen LogP contribution in [-0.4, -0.2) is 40.7 Å². The summed E-state index contributed by atoms with van der Waals surface area (Å²) in [4.78, 5) is 0. The number of aliphatic hydroxyl groups is 1. The third-order valence-corrected chi connectivity index (χ3v) is 9.23. The van der Waals surface area contributed by atoms with Crippen molar-refractivity contribution < 1.29 is 18.3 Å². The lowest BCUT2D eigenvalue weighted by Gasteiger charge is -2.47. The zero-order valence-corrected chi connectivity index (χ0v) is 16.7. The van der Waals surface area contributed by atoms with Gasteiger partial charge in [-0.2, -0.15) is 13.2 Å². The Morgan fingerprint density at radius 3 is 2.11 bits per heavy atom. The molecule has 4 rings (SSSR count). The maximum absolute atomic E-state index is 13.7.